The predicted octanol–water partition coefficient (Wildman–Crippen LogP) is 2.79. The van der Waals surface area contributed by atoms with Crippen molar-refractivity contribution in [3.05, 3.63) is 59.2 Å². The van der Waals surface area contributed by atoms with Crippen molar-refractivity contribution in [2.45, 2.75) is 31.2 Å². The molecule has 1 aliphatic heterocycles. The number of nitrogens with zero attached hydrogens (tertiary/aromatic N) is 2. The van der Waals surface area contributed by atoms with Crippen molar-refractivity contribution in [2.75, 3.05) is 33.8 Å². The van der Waals surface area contributed by atoms with Gasteiger partial charge in [-0.25, -0.2) is 17.7 Å². The van der Waals surface area contributed by atoms with E-state index in [1.807, 2.05) is 19.1 Å². The zero-order chi connectivity index (χ0) is 21.6. The van der Waals surface area contributed by atoms with Crippen molar-refractivity contribution in [2.24, 2.45) is 4.99 Å². The fourth-order valence-electron chi connectivity index (χ4n) is 3.31. The molecule has 2 N–H and O–H groups in total. The lowest BCUT2D eigenvalue weighted by Crippen LogP contribution is -2.38. The molecule has 0 atom stereocenters. The summed E-state index contributed by atoms with van der Waals surface area (Å²) in [5, 5.41) is 6.56. The van der Waals surface area contributed by atoms with Gasteiger partial charge in [0.15, 0.2) is 5.96 Å². The third-order valence-corrected chi connectivity index (χ3v) is 6.86. The summed E-state index contributed by atoms with van der Waals surface area (Å²) < 4.78 is 31.9. The number of halogens is 1. The van der Waals surface area contributed by atoms with Crippen LogP contribution in [0.3, 0.4) is 0 Å². The molecule has 0 unspecified atom stereocenters. The van der Waals surface area contributed by atoms with Crippen LogP contribution < -0.4 is 15.4 Å². The van der Waals surface area contributed by atoms with Crippen LogP contribution >= 0.6 is 24.0 Å². The highest BCUT2D eigenvalue weighted by Gasteiger charge is 2.20. The number of hydrogen-bond acceptors (Lipinski definition) is 4. The molecule has 2 aromatic rings. The van der Waals surface area contributed by atoms with Gasteiger partial charge in [0.1, 0.15) is 5.75 Å². The molecular weight excluding hydrogens is 527 g/mol. The molecule has 1 aliphatic rings. The van der Waals surface area contributed by atoms with Crippen molar-refractivity contribution in [1.82, 2.24) is 14.9 Å². The van der Waals surface area contributed by atoms with E-state index >= 15 is 0 Å². The van der Waals surface area contributed by atoms with Gasteiger partial charge in [0.2, 0.25) is 10.0 Å². The van der Waals surface area contributed by atoms with Crippen molar-refractivity contribution in [3.8, 4) is 5.75 Å². The van der Waals surface area contributed by atoms with Crippen molar-refractivity contribution >= 4 is 40.0 Å². The molecule has 0 aliphatic carbocycles. The van der Waals surface area contributed by atoms with E-state index in [2.05, 4.69) is 27.8 Å². The molecule has 0 spiro atoms. The normalized spacial score (nSPS) is 13.4. The molecule has 3 rings (SSSR count). The Morgan fingerprint density at radius 1 is 1.16 bits per heavy atom. The number of fused-ring (bicyclic) bond motifs is 1. The molecule has 0 amide bonds. The number of ether oxygens (including phenoxy) is 1. The summed E-state index contributed by atoms with van der Waals surface area (Å²) in [4.78, 5) is 4.88. The zero-order valence-electron chi connectivity index (χ0n) is 18.2. The van der Waals surface area contributed by atoms with Crippen LogP contribution in [0.4, 0.5) is 0 Å². The smallest absolute Gasteiger partial charge is 0.242 e. The second-order valence-corrected chi connectivity index (χ2v) is 9.43. The Bertz CT molecular complexity index is 1010. The van der Waals surface area contributed by atoms with Crippen LogP contribution in [0.1, 0.15) is 23.6 Å². The summed E-state index contributed by atoms with van der Waals surface area (Å²) in [6, 6.07) is 13.3. The number of benzene rings is 2. The van der Waals surface area contributed by atoms with E-state index < -0.39 is 10.0 Å². The van der Waals surface area contributed by atoms with Crippen LogP contribution in [0.2, 0.25) is 0 Å². The lowest BCUT2D eigenvalue weighted by molar-refractivity contribution is 0.357. The van der Waals surface area contributed by atoms with Gasteiger partial charge in [-0.3, -0.25) is 0 Å². The lowest BCUT2D eigenvalue weighted by Gasteiger charge is -2.15. The van der Waals surface area contributed by atoms with Gasteiger partial charge in [0.25, 0.3) is 0 Å². The van der Waals surface area contributed by atoms with Crippen molar-refractivity contribution in [1.29, 1.82) is 0 Å². The standard InChI is InChI=1S/C22H30N4O3S.HI/c1-4-23-22(24-13-11-17-9-10-20-18(15-17)12-14-29-20)25-16-19-7-5-6-8-21(19)30(27,28)26(2)3;/h5-10,15H,4,11-14,16H2,1-3H3,(H2,23,24,25);1H. The summed E-state index contributed by atoms with van der Waals surface area (Å²) in [5.41, 5.74) is 3.19. The average Bonchev–Trinajstić information content (AvgIpc) is 3.20. The first-order valence-electron chi connectivity index (χ1n) is 10.2. The first-order valence-corrected chi connectivity index (χ1v) is 11.6. The van der Waals surface area contributed by atoms with Gasteiger partial charge >= 0.3 is 0 Å². The van der Waals surface area contributed by atoms with Gasteiger partial charge in [0, 0.05) is 33.6 Å². The van der Waals surface area contributed by atoms with Gasteiger partial charge in [-0.1, -0.05) is 30.3 Å². The van der Waals surface area contributed by atoms with E-state index in [0.29, 0.717) is 11.5 Å². The first-order chi connectivity index (χ1) is 14.4. The quantitative estimate of drug-likeness (QED) is 0.296. The Hall–Kier alpha value is -1.85. The number of nitrogens with one attached hydrogen (secondary N) is 2. The Kier molecular flexibility index (Phi) is 9.57. The highest BCUT2D eigenvalue weighted by atomic mass is 127. The average molecular weight is 558 g/mol. The van der Waals surface area contributed by atoms with Crippen molar-refractivity contribution in [3.63, 3.8) is 0 Å². The summed E-state index contributed by atoms with van der Waals surface area (Å²) in [6.45, 7) is 4.49. The van der Waals surface area contributed by atoms with Crippen LogP contribution in [0.25, 0.3) is 0 Å². The monoisotopic (exact) mass is 558 g/mol. The van der Waals surface area contributed by atoms with Gasteiger partial charge in [-0.15, -0.1) is 24.0 Å². The number of hydrogen-bond donors (Lipinski definition) is 2. The fourth-order valence-corrected chi connectivity index (χ4v) is 4.42. The highest BCUT2D eigenvalue weighted by Crippen LogP contribution is 2.25. The molecule has 0 saturated carbocycles. The molecular formula is C22H31IN4O3S. The Labute approximate surface area is 202 Å². The Morgan fingerprint density at radius 2 is 1.94 bits per heavy atom. The van der Waals surface area contributed by atoms with Crippen LogP contribution in [-0.2, 0) is 29.4 Å². The van der Waals surface area contributed by atoms with E-state index in [-0.39, 0.29) is 35.4 Å². The number of guanidine groups is 1. The van der Waals surface area contributed by atoms with Crippen LogP contribution in [-0.4, -0.2) is 52.5 Å². The second-order valence-electron chi connectivity index (χ2n) is 7.31. The minimum atomic E-state index is -3.51. The van der Waals surface area contributed by atoms with E-state index in [4.69, 9.17) is 4.74 Å². The van der Waals surface area contributed by atoms with E-state index in [9.17, 15) is 8.42 Å². The maximum absolute atomic E-state index is 12.6. The van der Waals surface area contributed by atoms with Crippen molar-refractivity contribution < 1.29 is 13.2 Å². The molecule has 0 radical (unpaired) electrons. The third-order valence-electron chi connectivity index (χ3n) is 4.94. The molecule has 0 aromatic heterocycles. The predicted molar refractivity (Wildman–Crippen MR) is 135 cm³/mol. The second kappa shape index (κ2) is 11.7. The number of rotatable bonds is 8. The molecule has 2 aromatic carbocycles. The van der Waals surface area contributed by atoms with E-state index in [1.165, 1.54) is 29.5 Å². The van der Waals surface area contributed by atoms with E-state index in [0.717, 1.165) is 38.3 Å². The Morgan fingerprint density at radius 3 is 2.68 bits per heavy atom. The number of aliphatic imine (C=N–C) groups is 1. The lowest BCUT2D eigenvalue weighted by atomic mass is 10.1. The van der Waals surface area contributed by atoms with Crippen LogP contribution in [0, 0.1) is 0 Å². The zero-order valence-corrected chi connectivity index (χ0v) is 21.4. The van der Waals surface area contributed by atoms with Gasteiger partial charge in [-0.05, 0) is 42.2 Å². The maximum Gasteiger partial charge on any atom is 0.242 e. The number of sulfonamides is 1. The largest absolute Gasteiger partial charge is 0.493 e. The molecule has 0 bridgehead atoms. The van der Waals surface area contributed by atoms with Gasteiger partial charge < -0.3 is 15.4 Å². The molecule has 0 fully saturated rings. The summed E-state index contributed by atoms with van der Waals surface area (Å²) in [6.07, 6.45) is 1.83. The summed E-state index contributed by atoms with van der Waals surface area (Å²) >= 11 is 0. The molecule has 1 heterocycles. The molecule has 0 saturated heterocycles. The van der Waals surface area contributed by atoms with Crippen LogP contribution in [0.5, 0.6) is 5.75 Å². The molecule has 9 heteroatoms. The highest BCUT2D eigenvalue weighted by molar-refractivity contribution is 14.0. The topological polar surface area (TPSA) is 83.0 Å². The SMILES string of the molecule is CCNC(=NCc1ccccc1S(=O)(=O)N(C)C)NCCc1ccc2c(c1)CCO2.I. The minimum absolute atomic E-state index is 0. The summed E-state index contributed by atoms with van der Waals surface area (Å²) in [5.74, 6) is 1.66. The van der Waals surface area contributed by atoms with Gasteiger partial charge in [0.05, 0.1) is 18.0 Å². The molecule has 31 heavy (non-hydrogen) atoms. The fraction of sp³-hybridized carbons (Fsp3) is 0.409. The molecule has 7 nitrogen and oxygen atoms in total. The minimum Gasteiger partial charge on any atom is -0.493 e. The van der Waals surface area contributed by atoms with Crippen LogP contribution in [0.15, 0.2) is 52.4 Å². The first kappa shape index (κ1) is 25.4. The van der Waals surface area contributed by atoms with E-state index in [1.54, 1.807) is 18.2 Å². The maximum atomic E-state index is 12.6. The third kappa shape index (κ3) is 6.56. The summed E-state index contributed by atoms with van der Waals surface area (Å²) in [7, 11) is -0.445. The van der Waals surface area contributed by atoms with Gasteiger partial charge in [-0.2, -0.15) is 0 Å². The molecule has 170 valence electrons. The Balaban J connectivity index is 0.00000341.